The maximum absolute atomic E-state index is 12.4. The number of halogens is 1. The molecule has 1 aromatic rings. The molecule has 0 aliphatic rings. The lowest BCUT2D eigenvalue weighted by molar-refractivity contribution is -0.141. The van der Waals surface area contributed by atoms with Crippen LogP contribution < -0.4 is 5.73 Å². The molecule has 0 unspecified atom stereocenters. The molecule has 0 bridgehead atoms. The van der Waals surface area contributed by atoms with Crippen molar-refractivity contribution in [3.63, 3.8) is 0 Å². The van der Waals surface area contributed by atoms with E-state index in [-0.39, 0.29) is 23.0 Å². The van der Waals surface area contributed by atoms with E-state index in [0.29, 0.717) is 18.7 Å². The van der Waals surface area contributed by atoms with Gasteiger partial charge >= 0.3 is 5.97 Å². The highest BCUT2D eigenvalue weighted by molar-refractivity contribution is 6.34. The summed E-state index contributed by atoms with van der Waals surface area (Å²) in [5, 5.41) is 0.274. The molecule has 0 radical (unpaired) electrons. The minimum Gasteiger partial charge on any atom is -0.468 e. The van der Waals surface area contributed by atoms with Gasteiger partial charge in [0.1, 0.15) is 6.54 Å². The van der Waals surface area contributed by atoms with Gasteiger partial charge in [-0.1, -0.05) is 24.6 Å². The van der Waals surface area contributed by atoms with Crippen LogP contribution in [0.4, 0.5) is 5.69 Å². The Morgan fingerprint density at radius 2 is 2.11 bits per heavy atom. The second kappa shape index (κ2) is 6.99. The Balaban J connectivity index is 3.02. The number of rotatable bonds is 5. The molecule has 0 aliphatic carbocycles. The summed E-state index contributed by atoms with van der Waals surface area (Å²) < 4.78 is 4.58. The number of hydrogen-bond acceptors (Lipinski definition) is 4. The summed E-state index contributed by atoms with van der Waals surface area (Å²) >= 11 is 6.00. The lowest BCUT2D eigenvalue weighted by atomic mass is 10.1. The lowest BCUT2D eigenvalue weighted by Gasteiger charge is -2.22. The first-order valence-corrected chi connectivity index (χ1v) is 6.29. The molecule has 104 valence electrons. The number of benzene rings is 1. The predicted octanol–water partition coefficient (Wildman–Crippen LogP) is 1.95. The number of hydrogen-bond donors (Lipinski definition) is 1. The molecule has 0 heterocycles. The van der Waals surface area contributed by atoms with Crippen molar-refractivity contribution in [1.82, 2.24) is 4.90 Å². The molecular weight excluding hydrogens is 268 g/mol. The first kappa shape index (κ1) is 15.3. The topological polar surface area (TPSA) is 72.6 Å². The average Bonchev–Trinajstić information content (AvgIpc) is 2.37. The van der Waals surface area contributed by atoms with Gasteiger partial charge in [-0.25, -0.2) is 0 Å². The molecule has 0 saturated heterocycles. The highest BCUT2D eigenvalue weighted by Crippen LogP contribution is 2.23. The predicted molar refractivity (Wildman–Crippen MR) is 74.1 cm³/mol. The van der Waals surface area contributed by atoms with Crippen LogP contribution in [0.1, 0.15) is 23.7 Å². The van der Waals surface area contributed by atoms with Crippen LogP contribution in [0.3, 0.4) is 0 Å². The number of ether oxygens (including phenoxy) is 1. The first-order valence-electron chi connectivity index (χ1n) is 5.91. The Bertz CT molecular complexity index is 457. The number of methoxy groups -OCH3 is 1. The quantitative estimate of drug-likeness (QED) is 0.662. The highest BCUT2D eigenvalue weighted by atomic mass is 35.5. The number of nitrogens with two attached hydrogens (primary N) is 1. The second-order valence-electron chi connectivity index (χ2n) is 4.01. The van der Waals surface area contributed by atoms with E-state index in [9.17, 15) is 9.59 Å². The molecule has 0 aliphatic heterocycles. The molecule has 1 aromatic carbocycles. The SMILES string of the molecule is CCCN(CC(=O)OC)C(=O)c1c(N)cccc1Cl. The van der Waals surface area contributed by atoms with Gasteiger partial charge in [0.25, 0.3) is 5.91 Å². The maximum atomic E-state index is 12.4. The molecular formula is C13H17ClN2O3. The van der Waals surface area contributed by atoms with Crippen molar-refractivity contribution in [3.8, 4) is 0 Å². The van der Waals surface area contributed by atoms with E-state index in [2.05, 4.69) is 4.74 Å². The standard InChI is InChI=1S/C13H17ClN2O3/c1-3-7-16(8-11(17)19-2)13(18)12-9(14)5-4-6-10(12)15/h4-6H,3,7-8,15H2,1-2H3. The van der Waals surface area contributed by atoms with E-state index in [1.807, 2.05) is 6.92 Å². The minimum atomic E-state index is -0.479. The van der Waals surface area contributed by atoms with Crippen LogP contribution >= 0.6 is 11.6 Å². The third kappa shape index (κ3) is 3.86. The Kier molecular flexibility index (Phi) is 5.63. The third-order valence-corrected chi connectivity index (χ3v) is 2.90. The number of nitrogen functional groups attached to an aromatic ring is 1. The molecule has 0 atom stereocenters. The van der Waals surface area contributed by atoms with Gasteiger partial charge in [-0.05, 0) is 18.6 Å². The third-order valence-electron chi connectivity index (χ3n) is 2.59. The van der Waals surface area contributed by atoms with Crippen LogP contribution in [0, 0.1) is 0 Å². The van der Waals surface area contributed by atoms with E-state index >= 15 is 0 Å². The maximum Gasteiger partial charge on any atom is 0.325 e. The number of amides is 1. The molecule has 0 spiro atoms. The van der Waals surface area contributed by atoms with Crippen LogP contribution in [0.25, 0.3) is 0 Å². The minimum absolute atomic E-state index is 0.117. The Labute approximate surface area is 117 Å². The van der Waals surface area contributed by atoms with Crippen LogP contribution in [-0.4, -0.2) is 37.0 Å². The molecule has 1 rings (SSSR count). The molecule has 19 heavy (non-hydrogen) atoms. The van der Waals surface area contributed by atoms with Crippen molar-refractivity contribution < 1.29 is 14.3 Å². The van der Waals surface area contributed by atoms with Crippen molar-refractivity contribution in [1.29, 1.82) is 0 Å². The highest BCUT2D eigenvalue weighted by Gasteiger charge is 2.22. The monoisotopic (exact) mass is 284 g/mol. The van der Waals surface area contributed by atoms with Gasteiger partial charge in [0, 0.05) is 12.2 Å². The largest absolute Gasteiger partial charge is 0.468 e. The van der Waals surface area contributed by atoms with Crippen molar-refractivity contribution in [2.45, 2.75) is 13.3 Å². The Morgan fingerprint density at radius 3 is 2.63 bits per heavy atom. The Morgan fingerprint density at radius 1 is 1.42 bits per heavy atom. The summed E-state index contributed by atoms with van der Waals surface area (Å²) in [5.74, 6) is -0.845. The van der Waals surface area contributed by atoms with E-state index in [1.54, 1.807) is 18.2 Å². The van der Waals surface area contributed by atoms with Gasteiger partial charge in [0.05, 0.1) is 17.7 Å². The lowest BCUT2D eigenvalue weighted by Crippen LogP contribution is -2.37. The summed E-state index contributed by atoms with van der Waals surface area (Å²) in [6.45, 7) is 2.22. The molecule has 6 heteroatoms. The molecule has 5 nitrogen and oxygen atoms in total. The van der Waals surface area contributed by atoms with Crippen molar-refractivity contribution in [2.24, 2.45) is 0 Å². The average molecular weight is 285 g/mol. The molecule has 2 N–H and O–H groups in total. The zero-order valence-corrected chi connectivity index (χ0v) is 11.7. The molecule has 0 saturated carbocycles. The summed E-state index contributed by atoms with van der Waals surface area (Å²) in [7, 11) is 1.28. The number of anilines is 1. The smallest absolute Gasteiger partial charge is 0.325 e. The van der Waals surface area contributed by atoms with Gasteiger partial charge in [0.15, 0.2) is 0 Å². The van der Waals surface area contributed by atoms with Gasteiger partial charge < -0.3 is 15.4 Å². The molecule has 1 amide bonds. The van der Waals surface area contributed by atoms with E-state index in [1.165, 1.54) is 12.0 Å². The van der Waals surface area contributed by atoms with Gasteiger partial charge in [-0.3, -0.25) is 9.59 Å². The fraction of sp³-hybridized carbons (Fsp3) is 0.385. The van der Waals surface area contributed by atoms with Crippen LogP contribution in [-0.2, 0) is 9.53 Å². The zero-order valence-electron chi connectivity index (χ0n) is 11.0. The molecule has 0 aromatic heterocycles. The zero-order chi connectivity index (χ0) is 14.4. The normalized spacial score (nSPS) is 10.1. The fourth-order valence-corrected chi connectivity index (χ4v) is 1.93. The van der Waals surface area contributed by atoms with Crippen LogP contribution in [0.2, 0.25) is 5.02 Å². The number of carbonyl (C=O) groups is 2. The van der Waals surface area contributed by atoms with Gasteiger partial charge in [-0.15, -0.1) is 0 Å². The first-order chi connectivity index (χ1) is 9.01. The number of esters is 1. The summed E-state index contributed by atoms with van der Waals surface area (Å²) in [6, 6.07) is 4.85. The molecule has 0 fully saturated rings. The van der Waals surface area contributed by atoms with Gasteiger partial charge in [-0.2, -0.15) is 0 Å². The van der Waals surface area contributed by atoms with Crippen molar-refractivity contribution >= 4 is 29.2 Å². The van der Waals surface area contributed by atoms with E-state index in [0.717, 1.165) is 0 Å². The summed E-state index contributed by atoms with van der Waals surface area (Å²) in [4.78, 5) is 25.1. The van der Waals surface area contributed by atoms with Gasteiger partial charge in [0.2, 0.25) is 0 Å². The summed E-state index contributed by atoms with van der Waals surface area (Å²) in [5.41, 5.74) is 6.29. The fourth-order valence-electron chi connectivity index (χ4n) is 1.67. The van der Waals surface area contributed by atoms with E-state index in [4.69, 9.17) is 17.3 Å². The van der Waals surface area contributed by atoms with Crippen molar-refractivity contribution in [3.05, 3.63) is 28.8 Å². The van der Waals surface area contributed by atoms with E-state index < -0.39 is 5.97 Å². The Hall–Kier alpha value is -1.75. The number of carbonyl (C=O) groups excluding carboxylic acids is 2. The second-order valence-corrected chi connectivity index (χ2v) is 4.41. The van der Waals surface area contributed by atoms with Crippen LogP contribution in [0.15, 0.2) is 18.2 Å². The van der Waals surface area contributed by atoms with Crippen molar-refractivity contribution in [2.75, 3.05) is 25.9 Å². The van der Waals surface area contributed by atoms with Crippen LogP contribution in [0.5, 0.6) is 0 Å². The number of nitrogens with zero attached hydrogens (tertiary/aromatic N) is 1. The summed E-state index contributed by atoms with van der Waals surface area (Å²) in [6.07, 6.45) is 0.715.